The van der Waals surface area contributed by atoms with Gasteiger partial charge in [0.1, 0.15) is 5.82 Å². The number of fused-ring (bicyclic) bond motifs is 1. The molecule has 0 saturated heterocycles. The van der Waals surface area contributed by atoms with E-state index in [1.165, 1.54) is 0 Å². The van der Waals surface area contributed by atoms with Crippen LogP contribution in [0.3, 0.4) is 0 Å². The standard InChI is InChI=1S/C12H11BrClN3O/c1-2-15-12(18)17-11-5-7-8(6-16-11)9(13)3-4-10(7)14/h3-6H,2H2,1H3,(H2,15,16,17,18). The Bertz CT molecular complexity index is 603. The van der Waals surface area contributed by atoms with Gasteiger partial charge in [0.25, 0.3) is 0 Å². The highest BCUT2D eigenvalue weighted by atomic mass is 79.9. The number of urea groups is 1. The van der Waals surface area contributed by atoms with Crippen LogP contribution in [0.1, 0.15) is 6.92 Å². The number of rotatable bonds is 2. The van der Waals surface area contributed by atoms with E-state index in [0.29, 0.717) is 17.4 Å². The van der Waals surface area contributed by atoms with E-state index in [1.54, 1.807) is 18.3 Å². The Morgan fingerprint density at radius 1 is 1.44 bits per heavy atom. The van der Waals surface area contributed by atoms with Crippen molar-refractivity contribution >= 4 is 50.2 Å². The van der Waals surface area contributed by atoms with Crippen LogP contribution >= 0.6 is 27.5 Å². The van der Waals surface area contributed by atoms with E-state index in [-0.39, 0.29) is 6.03 Å². The number of nitrogens with one attached hydrogen (secondary N) is 2. The number of anilines is 1. The van der Waals surface area contributed by atoms with E-state index >= 15 is 0 Å². The lowest BCUT2D eigenvalue weighted by Gasteiger charge is -2.07. The Kier molecular flexibility index (Phi) is 4.04. The van der Waals surface area contributed by atoms with Crippen molar-refractivity contribution in [3.05, 3.63) is 33.9 Å². The van der Waals surface area contributed by atoms with Crippen molar-refractivity contribution in [2.75, 3.05) is 11.9 Å². The second-order valence-corrected chi connectivity index (χ2v) is 4.89. The smallest absolute Gasteiger partial charge is 0.320 e. The largest absolute Gasteiger partial charge is 0.338 e. The van der Waals surface area contributed by atoms with Gasteiger partial charge in [0.05, 0.1) is 0 Å². The van der Waals surface area contributed by atoms with Crippen molar-refractivity contribution in [1.29, 1.82) is 0 Å². The lowest BCUT2D eigenvalue weighted by Crippen LogP contribution is -2.28. The molecule has 6 heteroatoms. The molecule has 0 bridgehead atoms. The number of hydrogen-bond acceptors (Lipinski definition) is 2. The zero-order valence-electron chi connectivity index (χ0n) is 9.63. The average Bonchev–Trinajstić information content (AvgIpc) is 2.34. The van der Waals surface area contributed by atoms with Gasteiger partial charge in [0.15, 0.2) is 0 Å². The lowest BCUT2D eigenvalue weighted by atomic mass is 10.2. The zero-order valence-corrected chi connectivity index (χ0v) is 12.0. The molecule has 0 atom stereocenters. The van der Waals surface area contributed by atoms with Crippen molar-refractivity contribution < 1.29 is 4.79 Å². The van der Waals surface area contributed by atoms with Gasteiger partial charge < -0.3 is 5.32 Å². The number of hydrogen-bond donors (Lipinski definition) is 2. The first kappa shape index (κ1) is 13.1. The second kappa shape index (κ2) is 5.54. The van der Waals surface area contributed by atoms with Crippen LogP contribution in [0.5, 0.6) is 0 Å². The van der Waals surface area contributed by atoms with Gasteiger partial charge in [-0.15, -0.1) is 0 Å². The molecule has 0 aliphatic rings. The molecule has 0 unspecified atom stereocenters. The molecule has 2 N–H and O–H groups in total. The van der Waals surface area contributed by atoms with Crippen molar-refractivity contribution in [3.63, 3.8) is 0 Å². The van der Waals surface area contributed by atoms with Gasteiger partial charge in [-0.2, -0.15) is 0 Å². The molecule has 1 aromatic heterocycles. The van der Waals surface area contributed by atoms with Crippen LogP contribution in [0.15, 0.2) is 28.9 Å². The quantitative estimate of drug-likeness (QED) is 0.881. The van der Waals surface area contributed by atoms with Crippen molar-refractivity contribution in [3.8, 4) is 0 Å². The Morgan fingerprint density at radius 3 is 2.94 bits per heavy atom. The summed E-state index contributed by atoms with van der Waals surface area (Å²) in [7, 11) is 0. The van der Waals surface area contributed by atoms with Crippen molar-refractivity contribution in [2.24, 2.45) is 0 Å². The Hall–Kier alpha value is -1.33. The maximum Gasteiger partial charge on any atom is 0.320 e. The van der Waals surface area contributed by atoms with E-state index < -0.39 is 0 Å². The molecule has 0 aliphatic heterocycles. The molecule has 0 saturated carbocycles. The minimum absolute atomic E-state index is 0.282. The fourth-order valence-electron chi connectivity index (χ4n) is 1.56. The molecular formula is C12H11BrClN3O. The molecule has 4 nitrogen and oxygen atoms in total. The fourth-order valence-corrected chi connectivity index (χ4v) is 2.23. The second-order valence-electron chi connectivity index (χ2n) is 3.63. The third-order valence-electron chi connectivity index (χ3n) is 2.37. The van der Waals surface area contributed by atoms with Crippen LogP contribution < -0.4 is 10.6 Å². The van der Waals surface area contributed by atoms with Crippen molar-refractivity contribution in [2.45, 2.75) is 6.92 Å². The molecule has 1 aromatic carbocycles. The normalized spacial score (nSPS) is 10.4. The minimum Gasteiger partial charge on any atom is -0.338 e. The van der Waals surface area contributed by atoms with Gasteiger partial charge in [-0.25, -0.2) is 9.78 Å². The van der Waals surface area contributed by atoms with E-state index in [9.17, 15) is 4.79 Å². The lowest BCUT2D eigenvalue weighted by molar-refractivity contribution is 0.252. The van der Waals surface area contributed by atoms with Crippen LogP contribution in [0.2, 0.25) is 5.02 Å². The highest BCUT2D eigenvalue weighted by Crippen LogP contribution is 2.30. The van der Waals surface area contributed by atoms with E-state index in [2.05, 4.69) is 31.5 Å². The van der Waals surface area contributed by atoms with E-state index in [1.807, 2.05) is 13.0 Å². The van der Waals surface area contributed by atoms with Crippen LogP contribution in [-0.4, -0.2) is 17.6 Å². The first-order valence-electron chi connectivity index (χ1n) is 5.40. The number of carbonyl (C=O) groups excluding carboxylic acids is 1. The number of pyridine rings is 1. The monoisotopic (exact) mass is 327 g/mol. The Morgan fingerprint density at radius 2 is 2.22 bits per heavy atom. The number of nitrogens with zero attached hydrogens (tertiary/aromatic N) is 1. The van der Waals surface area contributed by atoms with Crippen LogP contribution in [-0.2, 0) is 0 Å². The summed E-state index contributed by atoms with van der Waals surface area (Å²) in [6.45, 7) is 2.41. The number of carbonyl (C=O) groups is 1. The molecule has 94 valence electrons. The third-order valence-corrected chi connectivity index (χ3v) is 3.39. The van der Waals surface area contributed by atoms with E-state index in [0.717, 1.165) is 15.2 Å². The maximum absolute atomic E-state index is 11.4. The van der Waals surface area contributed by atoms with Gasteiger partial charge in [-0.1, -0.05) is 27.5 Å². The summed E-state index contributed by atoms with van der Waals surface area (Å²) >= 11 is 9.55. The van der Waals surface area contributed by atoms with Gasteiger partial charge in [0, 0.05) is 33.0 Å². The van der Waals surface area contributed by atoms with Gasteiger partial charge in [-0.3, -0.25) is 5.32 Å². The number of amides is 2. The first-order valence-corrected chi connectivity index (χ1v) is 6.57. The summed E-state index contributed by atoms with van der Waals surface area (Å²) in [5.74, 6) is 0.466. The average molecular weight is 329 g/mol. The van der Waals surface area contributed by atoms with Gasteiger partial charge in [-0.05, 0) is 25.1 Å². The number of aromatic nitrogens is 1. The molecule has 0 fully saturated rings. The van der Waals surface area contributed by atoms with Crippen LogP contribution in [0.4, 0.5) is 10.6 Å². The molecule has 0 spiro atoms. The Labute approximate surface area is 118 Å². The SMILES string of the molecule is CCNC(=O)Nc1cc2c(Cl)ccc(Br)c2cn1. The van der Waals surface area contributed by atoms with Crippen molar-refractivity contribution in [1.82, 2.24) is 10.3 Å². The first-order chi connectivity index (χ1) is 8.61. The molecule has 18 heavy (non-hydrogen) atoms. The predicted molar refractivity (Wildman–Crippen MR) is 77.1 cm³/mol. The van der Waals surface area contributed by atoms with Crippen LogP contribution in [0, 0.1) is 0 Å². The molecule has 2 aromatic rings. The molecule has 2 amide bonds. The summed E-state index contributed by atoms with van der Waals surface area (Å²) in [6.07, 6.45) is 1.67. The van der Waals surface area contributed by atoms with Gasteiger partial charge >= 0.3 is 6.03 Å². The zero-order chi connectivity index (χ0) is 13.1. The topological polar surface area (TPSA) is 54.0 Å². The summed E-state index contributed by atoms with van der Waals surface area (Å²) in [5, 5.41) is 7.65. The highest BCUT2D eigenvalue weighted by Gasteiger charge is 2.07. The summed E-state index contributed by atoms with van der Waals surface area (Å²) in [6, 6.07) is 5.13. The fraction of sp³-hybridized carbons (Fsp3) is 0.167. The molecule has 0 aliphatic carbocycles. The molecule has 0 radical (unpaired) electrons. The predicted octanol–water partition coefficient (Wildman–Crippen LogP) is 3.79. The molecule has 2 rings (SSSR count). The minimum atomic E-state index is -0.282. The van der Waals surface area contributed by atoms with Gasteiger partial charge in [0.2, 0.25) is 0 Å². The summed E-state index contributed by atoms with van der Waals surface area (Å²) < 4.78 is 0.916. The maximum atomic E-state index is 11.4. The number of halogens is 2. The summed E-state index contributed by atoms with van der Waals surface area (Å²) in [4.78, 5) is 15.6. The molecule has 1 heterocycles. The van der Waals surface area contributed by atoms with Crippen LogP contribution in [0.25, 0.3) is 10.8 Å². The number of benzene rings is 1. The summed E-state index contributed by atoms with van der Waals surface area (Å²) in [5.41, 5.74) is 0. The highest BCUT2D eigenvalue weighted by molar-refractivity contribution is 9.10. The molecular weight excluding hydrogens is 318 g/mol. The Balaban J connectivity index is 2.38. The van der Waals surface area contributed by atoms with E-state index in [4.69, 9.17) is 11.6 Å². The third kappa shape index (κ3) is 2.73.